The predicted octanol–water partition coefficient (Wildman–Crippen LogP) is 1.88. The topological polar surface area (TPSA) is 80.1 Å². The van der Waals surface area contributed by atoms with Gasteiger partial charge in [-0.25, -0.2) is 15.5 Å². The molecule has 7 heteroatoms. The summed E-state index contributed by atoms with van der Waals surface area (Å²) in [5.41, 5.74) is 10.1. The number of para-hydroxylation sites is 1. The third kappa shape index (κ3) is 2.89. The molecule has 3 aromatic rings. The molecule has 2 aromatic carbocycles. The second-order valence-corrected chi connectivity index (χ2v) is 8.09. The van der Waals surface area contributed by atoms with E-state index in [0.717, 1.165) is 22.5 Å². The molecule has 3 heterocycles. The summed E-state index contributed by atoms with van der Waals surface area (Å²) in [6.45, 7) is 1.96. The average molecular weight is 403 g/mol. The number of nitrogens with one attached hydrogen (secondary N) is 3. The van der Waals surface area contributed by atoms with Crippen LogP contribution in [0.25, 0.3) is 5.69 Å². The van der Waals surface area contributed by atoms with Crippen LogP contribution < -0.4 is 21.7 Å². The van der Waals surface area contributed by atoms with Gasteiger partial charge in [0.05, 0.1) is 17.9 Å². The van der Waals surface area contributed by atoms with Crippen LogP contribution in [0.2, 0.25) is 0 Å². The normalized spacial score (nSPS) is 25.7. The Kier molecular flexibility index (Phi) is 4.56. The van der Waals surface area contributed by atoms with E-state index < -0.39 is 0 Å². The van der Waals surface area contributed by atoms with Gasteiger partial charge in [-0.3, -0.25) is 14.3 Å². The van der Waals surface area contributed by atoms with Gasteiger partial charge in [-0.15, -0.1) is 0 Å². The molecule has 30 heavy (non-hydrogen) atoms. The van der Waals surface area contributed by atoms with Gasteiger partial charge in [-0.1, -0.05) is 48.5 Å². The Hall–Kier alpha value is -3.16. The Morgan fingerprint density at radius 3 is 2.30 bits per heavy atom. The van der Waals surface area contributed by atoms with Crippen LogP contribution in [0.5, 0.6) is 0 Å². The third-order valence-electron chi connectivity index (χ3n) is 6.48. The van der Waals surface area contributed by atoms with Gasteiger partial charge in [0.15, 0.2) is 0 Å². The van der Waals surface area contributed by atoms with Crippen LogP contribution in [0.1, 0.15) is 35.2 Å². The molecular formula is C23H25N5O2. The summed E-state index contributed by atoms with van der Waals surface area (Å²) in [5, 5.41) is 3.04. The van der Waals surface area contributed by atoms with Gasteiger partial charge in [0, 0.05) is 36.6 Å². The van der Waals surface area contributed by atoms with Crippen molar-refractivity contribution in [1.82, 2.24) is 25.5 Å². The van der Waals surface area contributed by atoms with Crippen LogP contribution in [-0.2, 0) is 11.8 Å². The van der Waals surface area contributed by atoms with Gasteiger partial charge < -0.3 is 5.32 Å². The maximum Gasteiger partial charge on any atom is 0.275 e. The van der Waals surface area contributed by atoms with E-state index in [1.807, 2.05) is 67.2 Å². The standard InChI is InChI=1S/C23H25N5O2/c1-14-19(23(30)28(27(14)2)16-11-7-4-8-12-16)17-13-18(29)24-22-20(17)21(25-26-22)15-9-5-3-6-10-15/h3-12,17,20-22,25-26H,13H2,1-2H3,(H,24,29). The summed E-state index contributed by atoms with van der Waals surface area (Å²) in [6.07, 6.45) is 0.0635. The molecular weight excluding hydrogens is 378 g/mol. The van der Waals surface area contributed by atoms with Crippen molar-refractivity contribution in [2.24, 2.45) is 13.0 Å². The van der Waals surface area contributed by atoms with Crippen LogP contribution >= 0.6 is 0 Å². The Labute approximate surface area is 174 Å². The van der Waals surface area contributed by atoms with Gasteiger partial charge in [0.25, 0.3) is 5.56 Å². The van der Waals surface area contributed by atoms with E-state index in [2.05, 4.69) is 28.3 Å². The maximum absolute atomic E-state index is 13.6. The van der Waals surface area contributed by atoms with E-state index in [0.29, 0.717) is 6.42 Å². The van der Waals surface area contributed by atoms with E-state index in [1.165, 1.54) is 0 Å². The quantitative estimate of drug-likeness (QED) is 0.624. The Morgan fingerprint density at radius 1 is 0.933 bits per heavy atom. The number of rotatable bonds is 3. The molecule has 4 atom stereocenters. The first-order valence-corrected chi connectivity index (χ1v) is 10.3. The zero-order chi connectivity index (χ0) is 20.8. The first kappa shape index (κ1) is 18.8. The molecule has 2 fully saturated rings. The van der Waals surface area contributed by atoms with Gasteiger partial charge in [-0.05, 0) is 24.6 Å². The Morgan fingerprint density at radius 2 is 1.60 bits per heavy atom. The molecule has 1 aromatic heterocycles. The third-order valence-corrected chi connectivity index (χ3v) is 6.48. The maximum atomic E-state index is 13.6. The Bertz CT molecular complexity index is 1140. The van der Waals surface area contributed by atoms with Gasteiger partial charge >= 0.3 is 0 Å². The smallest absolute Gasteiger partial charge is 0.275 e. The highest BCUT2D eigenvalue weighted by Gasteiger charge is 2.48. The summed E-state index contributed by atoms with van der Waals surface area (Å²) in [4.78, 5) is 26.1. The first-order chi connectivity index (χ1) is 14.6. The molecule has 154 valence electrons. The number of nitrogens with zero attached hydrogens (tertiary/aromatic N) is 2. The number of carbonyl (C=O) groups is 1. The minimum atomic E-state index is -0.231. The van der Waals surface area contributed by atoms with Crippen molar-refractivity contribution < 1.29 is 4.79 Å². The van der Waals surface area contributed by atoms with Crippen molar-refractivity contribution in [3.8, 4) is 5.69 Å². The lowest BCUT2D eigenvalue weighted by Crippen LogP contribution is -2.52. The van der Waals surface area contributed by atoms with Gasteiger partial charge in [0.1, 0.15) is 0 Å². The van der Waals surface area contributed by atoms with E-state index in [1.54, 1.807) is 4.68 Å². The van der Waals surface area contributed by atoms with E-state index in [-0.39, 0.29) is 35.5 Å². The van der Waals surface area contributed by atoms with Crippen LogP contribution in [0.15, 0.2) is 65.5 Å². The Balaban J connectivity index is 1.63. The highest BCUT2D eigenvalue weighted by atomic mass is 16.2. The lowest BCUT2D eigenvalue weighted by Gasteiger charge is -2.35. The number of hydrazine groups is 1. The molecule has 0 bridgehead atoms. The SMILES string of the molecule is Cc1c(C2CC(=O)NC3NNC(c4ccccc4)C32)c(=O)n(-c2ccccc2)n1C. The van der Waals surface area contributed by atoms with Gasteiger partial charge in [-0.2, -0.15) is 0 Å². The lowest BCUT2D eigenvalue weighted by atomic mass is 9.74. The van der Waals surface area contributed by atoms with E-state index >= 15 is 0 Å². The molecule has 5 rings (SSSR count). The van der Waals surface area contributed by atoms with Crippen LogP contribution in [0.4, 0.5) is 0 Å². The highest BCUT2D eigenvalue weighted by Crippen LogP contribution is 2.43. The molecule has 0 aliphatic carbocycles. The largest absolute Gasteiger partial charge is 0.339 e. The van der Waals surface area contributed by atoms with Crippen LogP contribution in [0.3, 0.4) is 0 Å². The van der Waals surface area contributed by atoms with Crippen molar-refractivity contribution in [2.45, 2.75) is 31.5 Å². The molecule has 2 saturated heterocycles. The monoisotopic (exact) mass is 403 g/mol. The first-order valence-electron chi connectivity index (χ1n) is 10.3. The molecule has 3 N–H and O–H groups in total. The number of hydrogen-bond acceptors (Lipinski definition) is 4. The molecule has 0 spiro atoms. The number of fused-ring (bicyclic) bond motifs is 1. The minimum Gasteiger partial charge on any atom is -0.339 e. The van der Waals surface area contributed by atoms with Gasteiger partial charge in [0.2, 0.25) is 5.91 Å². The van der Waals surface area contributed by atoms with Crippen molar-refractivity contribution >= 4 is 5.91 Å². The van der Waals surface area contributed by atoms with Crippen LogP contribution in [0, 0.1) is 12.8 Å². The zero-order valence-corrected chi connectivity index (χ0v) is 17.0. The fraction of sp³-hybridized carbons (Fsp3) is 0.304. The number of benzene rings is 2. The number of carbonyl (C=O) groups excluding carboxylic acids is 1. The molecule has 2 aliphatic heterocycles. The summed E-state index contributed by atoms with van der Waals surface area (Å²) >= 11 is 0. The number of amides is 1. The zero-order valence-electron chi connectivity index (χ0n) is 17.0. The van der Waals surface area contributed by atoms with E-state index in [9.17, 15) is 9.59 Å². The van der Waals surface area contributed by atoms with Crippen molar-refractivity contribution in [1.29, 1.82) is 0 Å². The minimum absolute atomic E-state index is 0.00835. The number of hydrogen-bond donors (Lipinski definition) is 3. The second-order valence-electron chi connectivity index (χ2n) is 8.09. The van der Waals surface area contributed by atoms with Crippen molar-refractivity contribution in [3.05, 3.63) is 87.8 Å². The lowest BCUT2D eigenvalue weighted by molar-refractivity contribution is -0.125. The molecule has 1 amide bonds. The summed E-state index contributed by atoms with van der Waals surface area (Å²) in [6, 6.07) is 19.8. The number of piperidine rings is 1. The molecule has 0 radical (unpaired) electrons. The molecule has 4 unspecified atom stereocenters. The summed E-state index contributed by atoms with van der Waals surface area (Å²) in [5.74, 6) is -0.221. The highest BCUT2D eigenvalue weighted by molar-refractivity contribution is 5.78. The average Bonchev–Trinajstić information content (AvgIpc) is 3.27. The predicted molar refractivity (Wildman–Crippen MR) is 114 cm³/mol. The number of aromatic nitrogens is 2. The molecule has 2 aliphatic rings. The second kappa shape index (κ2) is 7.27. The fourth-order valence-corrected chi connectivity index (χ4v) is 5.01. The van der Waals surface area contributed by atoms with E-state index in [4.69, 9.17) is 0 Å². The van der Waals surface area contributed by atoms with Crippen LogP contribution in [-0.4, -0.2) is 21.4 Å². The van der Waals surface area contributed by atoms with Crippen molar-refractivity contribution in [3.63, 3.8) is 0 Å². The summed E-state index contributed by atoms with van der Waals surface area (Å²) in [7, 11) is 1.90. The summed E-state index contributed by atoms with van der Waals surface area (Å²) < 4.78 is 3.58. The van der Waals surface area contributed by atoms with Crippen molar-refractivity contribution in [2.75, 3.05) is 0 Å². The molecule has 7 nitrogen and oxygen atoms in total. The molecule has 0 saturated carbocycles. The fourth-order valence-electron chi connectivity index (χ4n) is 5.01.